The molecule has 0 radical (unpaired) electrons. The molecule has 2 rings (SSSR count). The minimum atomic E-state index is -0.0615. The molecule has 0 aliphatic carbocycles. The van der Waals surface area contributed by atoms with Crippen molar-refractivity contribution in [3.63, 3.8) is 0 Å². The van der Waals surface area contributed by atoms with Crippen molar-refractivity contribution in [3.8, 4) is 5.75 Å². The Hall–Kier alpha value is -2.07. The van der Waals surface area contributed by atoms with Crippen molar-refractivity contribution >= 4 is 17.5 Å². The van der Waals surface area contributed by atoms with E-state index in [1.165, 1.54) is 0 Å². The highest BCUT2D eigenvalue weighted by Crippen LogP contribution is 2.25. The molecule has 0 spiro atoms. The predicted molar refractivity (Wildman–Crippen MR) is 82.9 cm³/mol. The molecule has 5 heteroatoms. The van der Waals surface area contributed by atoms with E-state index in [2.05, 4.69) is 4.98 Å². The minimum Gasteiger partial charge on any atom is -0.495 e. The highest BCUT2D eigenvalue weighted by Gasteiger charge is 2.13. The number of benzene rings is 1. The number of likely N-dealkylation sites (N-methyl/N-ethyl adjacent to an activating group) is 1. The summed E-state index contributed by atoms with van der Waals surface area (Å²) in [6.07, 6.45) is 4.29. The first-order valence-electron chi connectivity index (χ1n) is 6.59. The van der Waals surface area contributed by atoms with Crippen molar-refractivity contribution in [1.82, 2.24) is 9.88 Å². The Labute approximate surface area is 129 Å². The van der Waals surface area contributed by atoms with Gasteiger partial charge in [-0.25, -0.2) is 0 Å². The highest BCUT2D eigenvalue weighted by molar-refractivity contribution is 6.32. The first-order chi connectivity index (χ1) is 10.1. The van der Waals surface area contributed by atoms with Crippen LogP contribution in [0.3, 0.4) is 0 Å². The maximum Gasteiger partial charge on any atom is 0.253 e. The standard InChI is InChI=1S/C16H17ClN2O2/c1-19(10-7-12-5-8-18-9-6-12)16(20)13-3-4-15(21-2)14(17)11-13/h3-6,8-9,11H,7,10H2,1-2H3. The Morgan fingerprint density at radius 2 is 2.00 bits per heavy atom. The number of carbonyl (C=O) groups is 1. The minimum absolute atomic E-state index is 0.0615. The third kappa shape index (κ3) is 3.95. The number of carbonyl (C=O) groups excluding carboxylic acids is 1. The van der Waals surface area contributed by atoms with Gasteiger partial charge in [0.1, 0.15) is 5.75 Å². The SMILES string of the molecule is COc1ccc(C(=O)N(C)CCc2ccncc2)cc1Cl. The zero-order valence-corrected chi connectivity index (χ0v) is 12.8. The molecule has 4 nitrogen and oxygen atoms in total. The molecular weight excluding hydrogens is 288 g/mol. The fourth-order valence-corrected chi connectivity index (χ4v) is 2.23. The molecule has 1 aromatic heterocycles. The van der Waals surface area contributed by atoms with Crippen LogP contribution >= 0.6 is 11.6 Å². The van der Waals surface area contributed by atoms with E-state index in [4.69, 9.17) is 16.3 Å². The lowest BCUT2D eigenvalue weighted by atomic mass is 10.1. The number of rotatable bonds is 5. The van der Waals surface area contributed by atoms with Crippen LogP contribution in [-0.2, 0) is 6.42 Å². The Morgan fingerprint density at radius 1 is 1.29 bits per heavy atom. The lowest BCUT2D eigenvalue weighted by Gasteiger charge is -2.17. The average Bonchev–Trinajstić information content (AvgIpc) is 2.52. The Balaban J connectivity index is 2.00. The van der Waals surface area contributed by atoms with Crippen LogP contribution in [0.15, 0.2) is 42.7 Å². The van der Waals surface area contributed by atoms with Gasteiger partial charge in [-0.15, -0.1) is 0 Å². The zero-order chi connectivity index (χ0) is 15.2. The van der Waals surface area contributed by atoms with Crippen molar-refractivity contribution in [2.45, 2.75) is 6.42 Å². The van der Waals surface area contributed by atoms with E-state index in [0.717, 1.165) is 12.0 Å². The predicted octanol–water partition coefficient (Wildman–Crippen LogP) is 3.06. The van der Waals surface area contributed by atoms with Gasteiger partial charge in [-0.05, 0) is 42.3 Å². The van der Waals surface area contributed by atoms with Gasteiger partial charge >= 0.3 is 0 Å². The number of hydrogen-bond donors (Lipinski definition) is 0. The van der Waals surface area contributed by atoms with E-state index < -0.39 is 0 Å². The second-order valence-corrected chi connectivity index (χ2v) is 5.09. The molecule has 21 heavy (non-hydrogen) atoms. The second kappa shape index (κ2) is 7.09. The summed E-state index contributed by atoms with van der Waals surface area (Å²) in [6, 6.07) is 8.94. The van der Waals surface area contributed by atoms with Crippen LogP contribution in [0.5, 0.6) is 5.75 Å². The van der Waals surface area contributed by atoms with E-state index in [1.54, 1.807) is 49.7 Å². The van der Waals surface area contributed by atoms with Gasteiger partial charge in [0.15, 0.2) is 0 Å². The van der Waals surface area contributed by atoms with Gasteiger partial charge in [-0.3, -0.25) is 9.78 Å². The van der Waals surface area contributed by atoms with Gasteiger partial charge in [0.05, 0.1) is 12.1 Å². The van der Waals surface area contributed by atoms with Gasteiger partial charge in [0.2, 0.25) is 0 Å². The molecular formula is C16H17ClN2O2. The molecule has 0 saturated carbocycles. The van der Waals surface area contributed by atoms with Crippen molar-refractivity contribution in [2.75, 3.05) is 20.7 Å². The summed E-state index contributed by atoms with van der Waals surface area (Å²) < 4.78 is 5.08. The van der Waals surface area contributed by atoms with Crippen LogP contribution in [0.25, 0.3) is 0 Å². The Morgan fingerprint density at radius 3 is 2.62 bits per heavy atom. The summed E-state index contributed by atoms with van der Waals surface area (Å²) in [5.74, 6) is 0.501. The first kappa shape index (κ1) is 15.3. The summed E-state index contributed by atoms with van der Waals surface area (Å²) in [7, 11) is 3.32. The van der Waals surface area contributed by atoms with Crippen molar-refractivity contribution < 1.29 is 9.53 Å². The molecule has 0 bridgehead atoms. The number of aromatic nitrogens is 1. The fraction of sp³-hybridized carbons (Fsp3) is 0.250. The smallest absolute Gasteiger partial charge is 0.253 e. The molecule has 0 N–H and O–H groups in total. The quantitative estimate of drug-likeness (QED) is 0.852. The van der Waals surface area contributed by atoms with Gasteiger partial charge in [0, 0.05) is 31.5 Å². The van der Waals surface area contributed by atoms with Gasteiger partial charge < -0.3 is 9.64 Å². The molecule has 0 atom stereocenters. The zero-order valence-electron chi connectivity index (χ0n) is 12.0. The number of hydrogen-bond acceptors (Lipinski definition) is 3. The van der Waals surface area contributed by atoms with Crippen LogP contribution in [0.1, 0.15) is 15.9 Å². The van der Waals surface area contributed by atoms with Crippen LogP contribution < -0.4 is 4.74 Å². The third-order valence-electron chi connectivity index (χ3n) is 3.23. The van der Waals surface area contributed by atoms with E-state index in [9.17, 15) is 4.79 Å². The summed E-state index contributed by atoms with van der Waals surface area (Å²) >= 11 is 6.05. The summed E-state index contributed by atoms with van der Waals surface area (Å²) in [6.45, 7) is 0.631. The third-order valence-corrected chi connectivity index (χ3v) is 3.53. The summed E-state index contributed by atoms with van der Waals surface area (Å²) in [5, 5.41) is 0.436. The van der Waals surface area contributed by atoms with Gasteiger partial charge in [-0.1, -0.05) is 11.6 Å². The van der Waals surface area contributed by atoms with E-state index in [0.29, 0.717) is 22.9 Å². The van der Waals surface area contributed by atoms with Gasteiger partial charge in [-0.2, -0.15) is 0 Å². The number of nitrogens with zero attached hydrogens (tertiary/aromatic N) is 2. The molecule has 1 heterocycles. The summed E-state index contributed by atoms with van der Waals surface area (Å²) in [5.41, 5.74) is 1.70. The van der Waals surface area contributed by atoms with Crippen LogP contribution in [0, 0.1) is 0 Å². The average molecular weight is 305 g/mol. The van der Waals surface area contributed by atoms with Gasteiger partial charge in [0.25, 0.3) is 5.91 Å². The highest BCUT2D eigenvalue weighted by atomic mass is 35.5. The van der Waals surface area contributed by atoms with Crippen molar-refractivity contribution in [1.29, 1.82) is 0 Å². The van der Waals surface area contributed by atoms with Crippen molar-refractivity contribution in [2.24, 2.45) is 0 Å². The molecule has 0 aliphatic heterocycles. The molecule has 0 saturated heterocycles. The summed E-state index contributed by atoms with van der Waals surface area (Å²) in [4.78, 5) is 18.0. The molecule has 1 aromatic carbocycles. The monoisotopic (exact) mass is 304 g/mol. The van der Waals surface area contributed by atoms with E-state index in [-0.39, 0.29) is 5.91 Å². The normalized spacial score (nSPS) is 10.2. The van der Waals surface area contributed by atoms with Crippen LogP contribution in [-0.4, -0.2) is 36.5 Å². The largest absolute Gasteiger partial charge is 0.495 e. The topological polar surface area (TPSA) is 42.4 Å². The Kier molecular flexibility index (Phi) is 5.17. The number of pyridine rings is 1. The maximum atomic E-state index is 12.3. The van der Waals surface area contributed by atoms with E-state index >= 15 is 0 Å². The van der Waals surface area contributed by atoms with Crippen LogP contribution in [0.4, 0.5) is 0 Å². The van der Waals surface area contributed by atoms with Crippen molar-refractivity contribution in [3.05, 3.63) is 58.9 Å². The first-order valence-corrected chi connectivity index (χ1v) is 6.97. The van der Waals surface area contributed by atoms with Crippen LogP contribution in [0.2, 0.25) is 5.02 Å². The lowest BCUT2D eigenvalue weighted by molar-refractivity contribution is 0.0796. The lowest BCUT2D eigenvalue weighted by Crippen LogP contribution is -2.28. The molecule has 0 fully saturated rings. The second-order valence-electron chi connectivity index (χ2n) is 4.68. The fourth-order valence-electron chi connectivity index (χ4n) is 1.97. The number of ether oxygens (including phenoxy) is 1. The Bertz CT molecular complexity index is 617. The van der Waals surface area contributed by atoms with E-state index in [1.807, 2.05) is 12.1 Å². The molecule has 2 aromatic rings. The number of halogens is 1. The molecule has 1 amide bonds. The number of methoxy groups -OCH3 is 1. The molecule has 0 aliphatic rings. The molecule has 0 unspecified atom stereocenters. The molecule has 110 valence electrons. The maximum absolute atomic E-state index is 12.3. The number of amides is 1.